The van der Waals surface area contributed by atoms with Crippen LogP contribution in [0.25, 0.3) is 22.9 Å². The number of carbonyl (C=O) groups is 1. The molecule has 0 spiro atoms. The average Bonchev–Trinajstić information content (AvgIpc) is 3.23. The summed E-state index contributed by atoms with van der Waals surface area (Å²) in [5.41, 5.74) is 5.91. The van der Waals surface area contributed by atoms with Crippen LogP contribution in [0.3, 0.4) is 0 Å². The molecular weight excluding hydrogens is 426 g/mol. The molecule has 32 heavy (non-hydrogen) atoms. The van der Waals surface area contributed by atoms with Crippen molar-refractivity contribution in [1.29, 1.82) is 0 Å². The minimum atomic E-state index is -3.01. The zero-order valence-corrected chi connectivity index (χ0v) is 18.4. The highest BCUT2D eigenvalue weighted by Crippen LogP contribution is 2.37. The predicted octanol–water partition coefficient (Wildman–Crippen LogP) is 3.04. The second-order valence-electron chi connectivity index (χ2n) is 8.74. The Bertz CT molecular complexity index is 1390. The summed E-state index contributed by atoms with van der Waals surface area (Å²) in [6.45, 7) is 0.545. The molecule has 0 saturated carbocycles. The Morgan fingerprint density at radius 3 is 2.81 bits per heavy atom. The maximum atomic E-state index is 12.9. The van der Waals surface area contributed by atoms with E-state index in [1.165, 1.54) is 0 Å². The quantitative estimate of drug-likeness (QED) is 0.641. The zero-order chi connectivity index (χ0) is 21.9. The Morgan fingerprint density at radius 1 is 1.12 bits per heavy atom. The molecule has 0 aromatic carbocycles. The van der Waals surface area contributed by atoms with Crippen molar-refractivity contribution in [2.24, 2.45) is 0 Å². The molecule has 0 bridgehead atoms. The summed E-state index contributed by atoms with van der Waals surface area (Å²) >= 11 is 0. The maximum absolute atomic E-state index is 12.9. The molecule has 1 fully saturated rings. The minimum absolute atomic E-state index is 0.0363. The van der Waals surface area contributed by atoms with Gasteiger partial charge in [-0.25, -0.2) is 13.4 Å². The van der Waals surface area contributed by atoms with Crippen LogP contribution in [0.15, 0.2) is 24.5 Å². The summed E-state index contributed by atoms with van der Waals surface area (Å²) in [7, 11) is -3.01. The van der Waals surface area contributed by atoms with Crippen LogP contribution < -0.4 is 5.32 Å². The van der Waals surface area contributed by atoms with E-state index >= 15 is 0 Å². The number of sulfone groups is 1. The second-order valence-corrected chi connectivity index (χ2v) is 11.0. The van der Waals surface area contributed by atoms with Gasteiger partial charge < -0.3 is 5.32 Å². The second kappa shape index (κ2) is 7.23. The van der Waals surface area contributed by atoms with Gasteiger partial charge >= 0.3 is 0 Å². The van der Waals surface area contributed by atoms with Crippen LogP contribution in [0, 0.1) is 0 Å². The number of nitrogens with zero attached hydrogens (tertiary/aromatic N) is 4. The lowest BCUT2D eigenvalue weighted by atomic mass is 9.91. The van der Waals surface area contributed by atoms with Gasteiger partial charge in [0, 0.05) is 41.9 Å². The Morgan fingerprint density at radius 2 is 1.97 bits per heavy atom. The first kappa shape index (κ1) is 19.6. The van der Waals surface area contributed by atoms with Crippen LogP contribution in [-0.2, 0) is 16.3 Å². The smallest absolute Gasteiger partial charge is 0.170 e. The monoisotopic (exact) mass is 449 g/mol. The van der Waals surface area contributed by atoms with Crippen molar-refractivity contribution in [1.82, 2.24) is 19.6 Å². The van der Waals surface area contributed by atoms with Gasteiger partial charge in [0.2, 0.25) is 0 Å². The SMILES string of the molecule is O=C1CCNc2c1c(C1CCS(=O)(=O)CC1)nc1c(-c3cnc4c(c3)C=CCC4)cnn21. The highest BCUT2D eigenvalue weighted by atomic mass is 32.2. The van der Waals surface area contributed by atoms with Crippen LogP contribution in [0.5, 0.6) is 0 Å². The van der Waals surface area contributed by atoms with E-state index in [9.17, 15) is 13.2 Å². The molecule has 164 valence electrons. The van der Waals surface area contributed by atoms with E-state index in [2.05, 4.69) is 33.6 Å². The van der Waals surface area contributed by atoms with Crippen LogP contribution in [0.1, 0.15) is 58.9 Å². The summed E-state index contributed by atoms with van der Waals surface area (Å²) in [6, 6.07) is 2.11. The molecule has 3 aliphatic rings. The first-order valence-electron chi connectivity index (χ1n) is 11.1. The predicted molar refractivity (Wildman–Crippen MR) is 122 cm³/mol. The summed E-state index contributed by atoms with van der Waals surface area (Å²) < 4.78 is 25.7. The Kier molecular flexibility index (Phi) is 4.43. The molecular formula is C23H23N5O3S. The molecule has 0 radical (unpaired) electrons. The maximum Gasteiger partial charge on any atom is 0.170 e. The summed E-state index contributed by atoms with van der Waals surface area (Å²) in [6.07, 6.45) is 11.2. The molecule has 6 rings (SSSR count). The Balaban J connectivity index is 1.53. The third kappa shape index (κ3) is 3.14. The summed E-state index contributed by atoms with van der Waals surface area (Å²) in [4.78, 5) is 22.5. The number of anilines is 1. The Hall–Kier alpha value is -3.07. The van der Waals surface area contributed by atoms with Gasteiger partial charge in [-0.3, -0.25) is 9.78 Å². The van der Waals surface area contributed by atoms with E-state index in [-0.39, 0.29) is 23.2 Å². The molecule has 3 aromatic rings. The fraction of sp³-hybridized carbons (Fsp3) is 0.391. The van der Waals surface area contributed by atoms with E-state index in [0.29, 0.717) is 48.5 Å². The average molecular weight is 450 g/mol. The van der Waals surface area contributed by atoms with Crippen molar-refractivity contribution in [3.63, 3.8) is 0 Å². The Labute approximate surface area is 185 Å². The fourth-order valence-electron chi connectivity index (χ4n) is 4.97. The third-order valence-corrected chi connectivity index (χ3v) is 8.41. The van der Waals surface area contributed by atoms with Crippen molar-refractivity contribution >= 4 is 33.2 Å². The van der Waals surface area contributed by atoms with E-state index in [4.69, 9.17) is 4.98 Å². The molecule has 2 aliphatic heterocycles. The normalized spacial score (nSPS) is 20.1. The summed E-state index contributed by atoms with van der Waals surface area (Å²) in [5.74, 6) is 0.900. The van der Waals surface area contributed by atoms with E-state index in [1.807, 2.05) is 6.20 Å². The first-order valence-corrected chi connectivity index (χ1v) is 12.9. The lowest BCUT2D eigenvalue weighted by molar-refractivity contribution is 0.0981. The molecule has 5 heterocycles. The van der Waals surface area contributed by atoms with Gasteiger partial charge in [0.25, 0.3) is 0 Å². The van der Waals surface area contributed by atoms with Crippen molar-refractivity contribution in [2.75, 3.05) is 23.4 Å². The number of fused-ring (bicyclic) bond motifs is 4. The lowest BCUT2D eigenvalue weighted by Gasteiger charge is -2.27. The fourth-order valence-corrected chi connectivity index (χ4v) is 6.46. The van der Waals surface area contributed by atoms with Gasteiger partial charge in [-0.05, 0) is 37.3 Å². The van der Waals surface area contributed by atoms with Gasteiger partial charge in [0.1, 0.15) is 15.7 Å². The molecule has 3 aromatic heterocycles. The van der Waals surface area contributed by atoms with Crippen LogP contribution in [-0.4, -0.2) is 51.8 Å². The van der Waals surface area contributed by atoms with Gasteiger partial charge in [0.15, 0.2) is 11.4 Å². The number of carbonyl (C=O) groups excluding carboxylic acids is 1. The number of ketones is 1. The number of hydrogen-bond donors (Lipinski definition) is 1. The lowest BCUT2D eigenvalue weighted by Crippen LogP contribution is -2.28. The van der Waals surface area contributed by atoms with Gasteiger partial charge in [-0.15, -0.1) is 0 Å². The molecule has 1 saturated heterocycles. The van der Waals surface area contributed by atoms with Gasteiger partial charge in [-0.2, -0.15) is 9.61 Å². The van der Waals surface area contributed by atoms with Crippen LogP contribution >= 0.6 is 0 Å². The third-order valence-electron chi connectivity index (χ3n) is 6.70. The standard InChI is InChI=1S/C23H23N5O3S/c29-19-5-8-24-23-20(19)21(14-6-9-32(30,31)10-7-14)27-22-17(13-26-28(22)23)16-11-15-3-1-2-4-18(15)25-12-16/h1,3,11-14,24H,2,4-10H2. The molecule has 9 heteroatoms. The largest absolute Gasteiger partial charge is 0.369 e. The van der Waals surface area contributed by atoms with E-state index in [1.54, 1.807) is 10.7 Å². The van der Waals surface area contributed by atoms with E-state index < -0.39 is 9.84 Å². The first-order chi connectivity index (χ1) is 15.5. The number of nitrogens with one attached hydrogen (secondary N) is 1. The number of Topliss-reactive ketones (excluding diaryl/α,β-unsaturated/α-hetero) is 1. The highest BCUT2D eigenvalue weighted by molar-refractivity contribution is 7.91. The number of aromatic nitrogens is 4. The molecule has 0 atom stereocenters. The number of aryl methyl sites for hydroxylation is 1. The molecule has 0 unspecified atom stereocenters. The number of hydrogen-bond acceptors (Lipinski definition) is 7. The number of rotatable bonds is 2. The van der Waals surface area contributed by atoms with E-state index in [0.717, 1.165) is 35.2 Å². The van der Waals surface area contributed by atoms with Crippen molar-refractivity contribution < 1.29 is 13.2 Å². The molecule has 8 nitrogen and oxygen atoms in total. The number of allylic oxidation sites excluding steroid dienone is 1. The topological polar surface area (TPSA) is 106 Å². The van der Waals surface area contributed by atoms with Crippen molar-refractivity contribution in [3.8, 4) is 11.1 Å². The van der Waals surface area contributed by atoms with Gasteiger partial charge in [0.05, 0.1) is 29.0 Å². The number of pyridine rings is 1. The van der Waals surface area contributed by atoms with Gasteiger partial charge in [-0.1, -0.05) is 12.2 Å². The molecule has 1 aliphatic carbocycles. The van der Waals surface area contributed by atoms with Crippen molar-refractivity contribution in [3.05, 3.63) is 47.1 Å². The van der Waals surface area contributed by atoms with Crippen LogP contribution in [0.4, 0.5) is 5.82 Å². The van der Waals surface area contributed by atoms with Crippen LogP contribution in [0.2, 0.25) is 0 Å². The van der Waals surface area contributed by atoms with Crippen molar-refractivity contribution in [2.45, 2.75) is 38.0 Å². The zero-order valence-electron chi connectivity index (χ0n) is 17.5. The molecule has 1 N–H and O–H groups in total. The minimum Gasteiger partial charge on any atom is -0.369 e. The highest BCUT2D eigenvalue weighted by Gasteiger charge is 2.33. The summed E-state index contributed by atoms with van der Waals surface area (Å²) in [5, 5.41) is 7.90. The molecule has 0 amide bonds.